The average Bonchev–Trinajstić information content (AvgIpc) is 2.89. The van der Waals surface area contributed by atoms with E-state index in [-0.39, 0.29) is 11.8 Å². The molecule has 4 rings (SSSR count). The first kappa shape index (κ1) is 23.4. The Kier molecular flexibility index (Phi) is 7.47. The summed E-state index contributed by atoms with van der Waals surface area (Å²) in [7, 11) is 3.19. The Bertz CT molecular complexity index is 1120. The second-order valence-corrected chi connectivity index (χ2v) is 8.22. The van der Waals surface area contributed by atoms with E-state index in [0.29, 0.717) is 42.7 Å². The number of anilines is 1. The van der Waals surface area contributed by atoms with Gasteiger partial charge in [0.2, 0.25) is 0 Å². The maximum absolute atomic E-state index is 13.1. The van der Waals surface area contributed by atoms with Crippen LogP contribution in [0.2, 0.25) is 0 Å². The molecule has 1 saturated heterocycles. The first-order valence-electron chi connectivity index (χ1n) is 11.4. The van der Waals surface area contributed by atoms with Crippen LogP contribution in [-0.2, 0) is 6.42 Å². The van der Waals surface area contributed by atoms with E-state index in [9.17, 15) is 4.79 Å². The number of amides is 1. The smallest absolute Gasteiger partial charge is 0.272 e. The fourth-order valence-corrected chi connectivity index (χ4v) is 4.23. The van der Waals surface area contributed by atoms with Gasteiger partial charge >= 0.3 is 0 Å². The van der Waals surface area contributed by atoms with Gasteiger partial charge in [0.1, 0.15) is 17.3 Å². The molecule has 1 amide bonds. The van der Waals surface area contributed by atoms with Crippen LogP contribution >= 0.6 is 0 Å². The number of piperidine rings is 1. The van der Waals surface area contributed by atoms with Gasteiger partial charge < -0.3 is 24.8 Å². The Morgan fingerprint density at radius 1 is 1.00 bits per heavy atom. The number of aromatic nitrogens is 2. The van der Waals surface area contributed by atoms with Crippen LogP contribution in [0.25, 0.3) is 0 Å². The SMILES string of the molecule is COc1cc(C(=O)N2CCC(c3cnc(N)cc3OC)CC2)ncc1OCCc1ccccc1. The third-order valence-electron chi connectivity index (χ3n) is 6.12. The van der Waals surface area contributed by atoms with Gasteiger partial charge in [-0.15, -0.1) is 0 Å². The maximum atomic E-state index is 13.1. The number of hydrogen-bond donors (Lipinski definition) is 1. The fraction of sp³-hybridized carbons (Fsp3) is 0.346. The van der Waals surface area contributed by atoms with Gasteiger partial charge in [-0.3, -0.25) is 4.79 Å². The van der Waals surface area contributed by atoms with Crippen LogP contribution in [0.1, 0.15) is 40.4 Å². The summed E-state index contributed by atoms with van der Waals surface area (Å²) in [5.74, 6) is 2.34. The predicted molar refractivity (Wildman–Crippen MR) is 130 cm³/mol. The topological polar surface area (TPSA) is 99.8 Å². The second-order valence-electron chi connectivity index (χ2n) is 8.22. The van der Waals surface area contributed by atoms with Crippen molar-refractivity contribution in [1.29, 1.82) is 0 Å². The number of ether oxygens (including phenoxy) is 3. The molecule has 2 N–H and O–H groups in total. The summed E-state index contributed by atoms with van der Waals surface area (Å²) in [6.45, 7) is 1.74. The normalized spacial score (nSPS) is 14.0. The molecule has 34 heavy (non-hydrogen) atoms. The number of hydrogen-bond acceptors (Lipinski definition) is 7. The third-order valence-corrected chi connectivity index (χ3v) is 6.12. The predicted octanol–water partition coefficient (Wildman–Crippen LogP) is 3.72. The molecule has 3 aromatic rings. The van der Waals surface area contributed by atoms with Crippen molar-refractivity contribution in [3.63, 3.8) is 0 Å². The van der Waals surface area contributed by atoms with Crippen LogP contribution < -0.4 is 19.9 Å². The lowest BCUT2D eigenvalue weighted by molar-refractivity contribution is 0.0706. The highest BCUT2D eigenvalue weighted by Gasteiger charge is 2.27. The molecule has 1 aliphatic heterocycles. The van der Waals surface area contributed by atoms with Gasteiger partial charge in [-0.05, 0) is 24.3 Å². The summed E-state index contributed by atoms with van der Waals surface area (Å²) in [5.41, 5.74) is 8.34. The number of nitrogens with two attached hydrogens (primary N) is 1. The molecular formula is C26H30N4O4. The molecular weight excluding hydrogens is 432 g/mol. The highest BCUT2D eigenvalue weighted by molar-refractivity contribution is 5.93. The fourth-order valence-electron chi connectivity index (χ4n) is 4.23. The zero-order valence-electron chi connectivity index (χ0n) is 19.6. The molecule has 1 aliphatic rings. The first-order valence-corrected chi connectivity index (χ1v) is 11.4. The van der Waals surface area contributed by atoms with E-state index < -0.39 is 0 Å². The Morgan fingerprint density at radius 2 is 1.74 bits per heavy atom. The van der Waals surface area contributed by atoms with Gasteiger partial charge in [-0.25, -0.2) is 9.97 Å². The van der Waals surface area contributed by atoms with E-state index in [1.54, 1.807) is 38.7 Å². The van der Waals surface area contributed by atoms with Crippen LogP contribution in [0, 0.1) is 0 Å². The van der Waals surface area contributed by atoms with E-state index >= 15 is 0 Å². The monoisotopic (exact) mass is 462 g/mol. The molecule has 3 heterocycles. The summed E-state index contributed by atoms with van der Waals surface area (Å²) in [6, 6.07) is 13.5. The van der Waals surface area contributed by atoms with Crippen LogP contribution in [0.3, 0.4) is 0 Å². The van der Waals surface area contributed by atoms with E-state index in [2.05, 4.69) is 22.1 Å². The molecule has 0 bridgehead atoms. The Labute approximate surface area is 199 Å². The van der Waals surface area contributed by atoms with Crippen molar-refractivity contribution in [2.24, 2.45) is 0 Å². The number of nitrogens with zero attached hydrogens (tertiary/aromatic N) is 3. The number of nitrogen functional groups attached to an aromatic ring is 1. The zero-order valence-corrected chi connectivity index (χ0v) is 19.6. The number of benzene rings is 1. The molecule has 0 unspecified atom stereocenters. The van der Waals surface area contributed by atoms with Gasteiger partial charge in [0.25, 0.3) is 5.91 Å². The molecule has 178 valence electrons. The minimum Gasteiger partial charge on any atom is -0.496 e. The van der Waals surface area contributed by atoms with Gasteiger partial charge in [-0.1, -0.05) is 30.3 Å². The molecule has 0 spiro atoms. The zero-order chi connectivity index (χ0) is 23.9. The van der Waals surface area contributed by atoms with Crippen molar-refractivity contribution in [1.82, 2.24) is 14.9 Å². The lowest BCUT2D eigenvalue weighted by atomic mass is 9.89. The minimum absolute atomic E-state index is 0.116. The number of methoxy groups -OCH3 is 2. The number of carbonyl (C=O) groups excluding carboxylic acids is 1. The van der Waals surface area contributed by atoms with E-state index in [4.69, 9.17) is 19.9 Å². The molecule has 8 heteroatoms. The summed E-state index contributed by atoms with van der Waals surface area (Å²) in [6.07, 6.45) is 5.74. The molecule has 0 saturated carbocycles. The Morgan fingerprint density at radius 3 is 2.44 bits per heavy atom. The number of carbonyl (C=O) groups is 1. The van der Waals surface area contributed by atoms with Gasteiger partial charge in [0.05, 0.1) is 27.0 Å². The molecule has 8 nitrogen and oxygen atoms in total. The average molecular weight is 463 g/mol. The maximum Gasteiger partial charge on any atom is 0.272 e. The van der Waals surface area contributed by atoms with Crippen molar-refractivity contribution >= 4 is 11.7 Å². The lowest BCUT2D eigenvalue weighted by Gasteiger charge is -2.32. The van der Waals surface area contributed by atoms with Gasteiger partial charge in [-0.2, -0.15) is 0 Å². The lowest BCUT2D eigenvalue weighted by Crippen LogP contribution is -2.38. The Balaban J connectivity index is 1.36. The Hall–Kier alpha value is -3.81. The summed E-state index contributed by atoms with van der Waals surface area (Å²) in [4.78, 5) is 23.5. The molecule has 0 radical (unpaired) electrons. The van der Waals surface area contributed by atoms with Gasteiger partial charge in [0.15, 0.2) is 11.5 Å². The number of likely N-dealkylation sites (tertiary alicyclic amines) is 1. The summed E-state index contributed by atoms with van der Waals surface area (Å²) < 4.78 is 16.8. The van der Waals surface area contributed by atoms with Crippen LogP contribution in [0.15, 0.2) is 54.9 Å². The van der Waals surface area contributed by atoms with Crippen molar-refractivity contribution in [2.75, 3.05) is 39.6 Å². The highest BCUT2D eigenvalue weighted by atomic mass is 16.5. The molecule has 0 aliphatic carbocycles. The van der Waals surface area contributed by atoms with Crippen LogP contribution in [-0.4, -0.2) is 54.7 Å². The minimum atomic E-state index is -0.116. The van der Waals surface area contributed by atoms with Crippen molar-refractivity contribution in [3.05, 3.63) is 71.7 Å². The van der Waals surface area contributed by atoms with E-state index in [0.717, 1.165) is 30.6 Å². The third kappa shape index (κ3) is 5.39. The molecule has 0 atom stereocenters. The van der Waals surface area contributed by atoms with Crippen LogP contribution in [0.5, 0.6) is 17.2 Å². The van der Waals surface area contributed by atoms with Crippen LogP contribution in [0.4, 0.5) is 5.82 Å². The second kappa shape index (κ2) is 10.9. The van der Waals surface area contributed by atoms with Crippen molar-refractivity contribution in [2.45, 2.75) is 25.2 Å². The molecule has 1 aromatic carbocycles. The first-order chi connectivity index (χ1) is 16.6. The summed E-state index contributed by atoms with van der Waals surface area (Å²) in [5, 5.41) is 0. The highest BCUT2D eigenvalue weighted by Crippen LogP contribution is 2.35. The quantitative estimate of drug-likeness (QED) is 0.545. The summed E-state index contributed by atoms with van der Waals surface area (Å²) >= 11 is 0. The standard InChI is InChI=1S/C26H30N4O4/c1-32-22-15-25(27)29-16-20(22)19-8-11-30(12-9-19)26(31)21-14-23(33-2)24(17-28-21)34-13-10-18-6-4-3-5-7-18/h3-7,14-17,19H,8-13H2,1-2H3,(H2,27,29). The van der Waals surface area contributed by atoms with Crippen molar-refractivity contribution < 1.29 is 19.0 Å². The van der Waals surface area contributed by atoms with E-state index in [1.807, 2.05) is 23.1 Å². The number of rotatable bonds is 8. The van der Waals surface area contributed by atoms with Gasteiger partial charge in [0, 0.05) is 43.4 Å². The molecule has 2 aromatic heterocycles. The van der Waals surface area contributed by atoms with E-state index in [1.165, 1.54) is 5.56 Å². The number of pyridine rings is 2. The van der Waals surface area contributed by atoms with Crippen molar-refractivity contribution in [3.8, 4) is 17.2 Å². The molecule has 1 fully saturated rings. The largest absolute Gasteiger partial charge is 0.496 e.